The zero-order valence-electron chi connectivity index (χ0n) is 13.6. The van der Waals surface area contributed by atoms with E-state index in [-0.39, 0.29) is 12.5 Å². The van der Waals surface area contributed by atoms with Gasteiger partial charge in [-0.25, -0.2) is 4.79 Å². The van der Waals surface area contributed by atoms with Crippen LogP contribution in [0.1, 0.15) is 47.0 Å². The van der Waals surface area contributed by atoms with E-state index in [0.29, 0.717) is 24.9 Å². The quantitative estimate of drug-likeness (QED) is 0.668. The van der Waals surface area contributed by atoms with Crippen LogP contribution in [0.25, 0.3) is 0 Å². The summed E-state index contributed by atoms with van der Waals surface area (Å²) < 4.78 is 0. The molecule has 1 unspecified atom stereocenters. The standard InChI is InChI=1S/C15H29N3O3/c1-11(2)18-8-6-12(10-18)9-16-14(21)17-15(3,4)7-5-13(19)20/h11-12H,5-10H2,1-4H3,(H,19,20)(H2,16,17,21). The lowest BCUT2D eigenvalue weighted by Gasteiger charge is -2.26. The van der Waals surface area contributed by atoms with Gasteiger partial charge < -0.3 is 20.6 Å². The number of nitrogens with one attached hydrogen (secondary N) is 2. The molecule has 2 amide bonds. The van der Waals surface area contributed by atoms with Gasteiger partial charge in [0.15, 0.2) is 0 Å². The van der Waals surface area contributed by atoms with Crippen LogP contribution in [0.4, 0.5) is 4.79 Å². The molecule has 0 spiro atoms. The number of hydrogen-bond acceptors (Lipinski definition) is 3. The molecular weight excluding hydrogens is 270 g/mol. The first-order valence-corrected chi connectivity index (χ1v) is 7.71. The highest BCUT2D eigenvalue weighted by Crippen LogP contribution is 2.17. The summed E-state index contributed by atoms with van der Waals surface area (Å²) in [4.78, 5) is 24.9. The van der Waals surface area contributed by atoms with Crippen LogP contribution in [0.2, 0.25) is 0 Å². The van der Waals surface area contributed by atoms with Gasteiger partial charge in [-0.05, 0) is 53.0 Å². The molecule has 6 heteroatoms. The van der Waals surface area contributed by atoms with Crippen molar-refractivity contribution in [1.29, 1.82) is 0 Å². The molecule has 0 saturated carbocycles. The number of carbonyl (C=O) groups excluding carboxylic acids is 1. The van der Waals surface area contributed by atoms with Crippen molar-refractivity contribution in [3.63, 3.8) is 0 Å². The first-order valence-electron chi connectivity index (χ1n) is 7.71. The Labute approximate surface area is 127 Å². The normalized spacial score (nSPS) is 19.8. The van der Waals surface area contributed by atoms with Gasteiger partial charge in [0.2, 0.25) is 0 Å². The van der Waals surface area contributed by atoms with E-state index in [1.165, 1.54) is 0 Å². The Bertz CT molecular complexity index is 369. The third kappa shape index (κ3) is 6.80. The fourth-order valence-electron chi connectivity index (χ4n) is 2.57. The molecular formula is C15H29N3O3. The Morgan fingerprint density at radius 3 is 2.57 bits per heavy atom. The smallest absolute Gasteiger partial charge is 0.315 e. The third-order valence-corrected chi connectivity index (χ3v) is 4.01. The zero-order chi connectivity index (χ0) is 16.0. The summed E-state index contributed by atoms with van der Waals surface area (Å²) in [6, 6.07) is 0.340. The average molecular weight is 299 g/mol. The molecule has 0 bridgehead atoms. The molecule has 6 nitrogen and oxygen atoms in total. The van der Waals surface area contributed by atoms with Crippen LogP contribution in [0, 0.1) is 5.92 Å². The van der Waals surface area contributed by atoms with Gasteiger partial charge in [-0.3, -0.25) is 4.79 Å². The number of amides is 2. The molecule has 1 atom stereocenters. The van der Waals surface area contributed by atoms with Crippen LogP contribution in [0.5, 0.6) is 0 Å². The number of aliphatic carboxylic acids is 1. The SMILES string of the molecule is CC(C)N1CCC(CNC(=O)NC(C)(C)CCC(=O)O)C1. The van der Waals surface area contributed by atoms with E-state index >= 15 is 0 Å². The minimum absolute atomic E-state index is 0.0548. The van der Waals surface area contributed by atoms with Gasteiger partial charge in [0.25, 0.3) is 0 Å². The van der Waals surface area contributed by atoms with Gasteiger partial charge in [0, 0.05) is 31.1 Å². The van der Waals surface area contributed by atoms with Crippen molar-refractivity contribution in [1.82, 2.24) is 15.5 Å². The van der Waals surface area contributed by atoms with Gasteiger partial charge in [0.1, 0.15) is 0 Å². The Morgan fingerprint density at radius 2 is 2.05 bits per heavy atom. The van der Waals surface area contributed by atoms with Crippen molar-refractivity contribution >= 4 is 12.0 Å². The highest BCUT2D eigenvalue weighted by Gasteiger charge is 2.25. The second-order valence-corrected chi connectivity index (χ2v) is 6.86. The van der Waals surface area contributed by atoms with Crippen molar-refractivity contribution in [2.75, 3.05) is 19.6 Å². The van der Waals surface area contributed by atoms with Crippen molar-refractivity contribution in [3.8, 4) is 0 Å². The van der Waals surface area contributed by atoms with Gasteiger partial charge in [0.05, 0.1) is 0 Å². The van der Waals surface area contributed by atoms with E-state index < -0.39 is 11.5 Å². The van der Waals surface area contributed by atoms with Crippen LogP contribution in [-0.2, 0) is 4.79 Å². The van der Waals surface area contributed by atoms with Crippen LogP contribution in [0.15, 0.2) is 0 Å². The first-order chi connectivity index (χ1) is 9.69. The van der Waals surface area contributed by atoms with Crippen LogP contribution in [-0.4, -0.2) is 53.2 Å². The molecule has 1 aliphatic heterocycles. The molecule has 1 saturated heterocycles. The van der Waals surface area contributed by atoms with E-state index in [4.69, 9.17) is 5.11 Å². The lowest BCUT2D eigenvalue weighted by molar-refractivity contribution is -0.137. The molecule has 3 N–H and O–H groups in total. The Balaban J connectivity index is 2.26. The maximum absolute atomic E-state index is 11.9. The largest absolute Gasteiger partial charge is 0.481 e. The van der Waals surface area contributed by atoms with E-state index in [1.54, 1.807) is 0 Å². The van der Waals surface area contributed by atoms with Crippen molar-refractivity contribution in [2.24, 2.45) is 5.92 Å². The van der Waals surface area contributed by atoms with E-state index in [1.807, 2.05) is 13.8 Å². The number of carboxylic acid groups (broad SMARTS) is 1. The van der Waals surface area contributed by atoms with E-state index in [2.05, 4.69) is 29.4 Å². The molecule has 1 rings (SSSR count). The molecule has 1 heterocycles. The van der Waals surface area contributed by atoms with Crippen LogP contribution >= 0.6 is 0 Å². The Morgan fingerprint density at radius 1 is 1.38 bits per heavy atom. The van der Waals surface area contributed by atoms with Crippen molar-refractivity contribution < 1.29 is 14.7 Å². The predicted octanol–water partition coefficient (Wildman–Crippen LogP) is 1.66. The van der Waals surface area contributed by atoms with Gasteiger partial charge in [-0.1, -0.05) is 0 Å². The summed E-state index contributed by atoms with van der Waals surface area (Å²) >= 11 is 0. The molecule has 1 fully saturated rings. The topological polar surface area (TPSA) is 81.7 Å². The minimum Gasteiger partial charge on any atom is -0.481 e. The van der Waals surface area contributed by atoms with Crippen LogP contribution in [0.3, 0.4) is 0 Å². The van der Waals surface area contributed by atoms with E-state index in [0.717, 1.165) is 19.5 Å². The number of hydrogen-bond donors (Lipinski definition) is 3. The lowest BCUT2D eigenvalue weighted by Crippen LogP contribution is -2.49. The minimum atomic E-state index is -0.843. The number of nitrogens with zero attached hydrogens (tertiary/aromatic N) is 1. The molecule has 0 aromatic heterocycles. The highest BCUT2D eigenvalue weighted by atomic mass is 16.4. The maximum atomic E-state index is 11.9. The molecule has 0 radical (unpaired) electrons. The number of carboxylic acids is 1. The molecule has 122 valence electrons. The summed E-state index contributed by atoms with van der Waals surface area (Å²) in [5.74, 6) is -0.342. The average Bonchev–Trinajstić information content (AvgIpc) is 2.82. The fraction of sp³-hybridized carbons (Fsp3) is 0.867. The molecule has 1 aliphatic rings. The molecule has 21 heavy (non-hydrogen) atoms. The van der Waals surface area contributed by atoms with Gasteiger partial charge in [-0.15, -0.1) is 0 Å². The van der Waals surface area contributed by atoms with E-state index in [9.17, 15) is 9.59 Å². The summed E-state index contributed by atoms with van der Waals surface area (Å²) in [6.07, 6.45) is 1.58. The highest BCUT2D eigenvalue weighted by molar-refractivity contribution is 5.74. The Kier molecular flexibility index (Phi) is 6.45. The van der Waals surface area contributed by atoms with Gasteiger partial charge in [-0.2, -0.15) is 0 Å². The van der Waals surface area contributed by atoms with Crippen molar-refractivity contribution in [3.05, 3.63) is 0 Å². The third-order valence-electron chi connectivity index (χ3n) is 4.01. The van der Waals surface area contributed by atoms with Gasteiger partial charge >= 0.3 is 12.0 Å². The predicted molar refractivity (Wildman–Crippen MR) is 82.3 cm³/mol. The summed E-state index contributed by atoms with van der Waals surface area (Å²) in [6.45, 7) is 10.8. The number of rotatable bonds is 7. The molecule has 0 aliphatic carbocycles. The maximum Gasteiger partial charge on any atom is 0.315 e. The summed E-state index contributed by atoms with van der Waals surface area (Å²) in [5, 5.41) is 14.4. The second-order valence-electron chi connectivity index (χ2n) is 6.86. The summed E-state index contributed by atoms with van der Waals surface area (Å²) in [7, 11) is 0. The molecule has 0 aromatic rings. The Hall–Kier alpha value is -1.30. The van der Waals surface area contributed by atoms with Crippen molar-refractivity contribution in [2.45, 2.75) is 58.5 Å². The number of carbonyl (C=O) groups is 2. The number of likely N-dealkylation sites (tertiary alicyclic amines) is 1. The zero-order valence-corrected chi connectivity index (χ0v) is 13.6. The fourth-order valence-corrected chi connectivity index (χ4v) is 2.57. The summed E-state index contributed by atoms with van der Waals surface area (Å²) in [5.41, 5.74) is -0.512. The molecule has 0 aromatic carbocycles. The first kappa shape index (κ1) is 17.8. The second kappa shape index (κ2) is 7.64. The lowest BCUT2D eigenvalue weighted by atomic mass is 9.99. The van der Waals surface area contributed by atoms with Crippen LogP contribution < -0.4 is 10.6 Å². The monoisotopic (exact) mass is 299 g/mol. The number of urea groups is 1.